The minimum absolute atomic E-state index is 0.0826. The van der Waals surface area contributed by atoms with Crippen LogP contribution < -0.4 is 14.2 Å². The SMILES string of the molecule is COc1cc(CN2C[C@H]3C[C@@H](n4cnc5ccccc54)[C@H](O)C[C@H]3C2)cc2c1OCO2. The number of aromatic nitrogens is 2. The molecular formula is C24H27N3O4. The summed E-state index contributed by atoms with van der Waals surface area (Å²) in [4.78, 5) is 7.03. The number of rotatable bonds is 4. The second kappa shape index (κ2) is 7.43. The third-order valence-electron chi connectivity index (χ3n) is 7.15. The molecule has 7 heteroatoms. The highest BCUT2D eigenvalue weighted by Gasteiger charge is 2.42. The molecule has 0 bridgehead atoms. The first-order valence-corrected chi connectivity index (χ1v) is 11.0. The average Bonchev–Trinajstić information content (AvgIpc) is 3.50. The molecule has 4 atom stereocenters. The summed E-state index contributed by atoms with van der Waals surface area (Å²) in [5.74, 6) is 3.28. The van der Waals surface area contributed by atoms with E-state index in [0.717, 1.165) is 60.6 Å². The van der Waals surface area contributed by atoms with Crippen LogP contribution in [0.1, 0.15) is 24.4 Å². The summed E-state index contributed by atoms with van der Waals surface area (Å²) in [7, 11) is 1.66. The van der Waals surface area contributed by atoms with Gasteiger partial charge in [-0.15, -0.1) is 0 Å². The van der Waals surface area contributed by atoms with Crippen molar-refractivity contribution in [2.45, 2.75) is 31.5 Å². The fraction of sp³-hybridized carbons (Fsp3) is 0.458. The van der Waals surface area contributed by atoms with Gasteiger partial charge in [0.15, 0.2) is 11.5 Å². The number of hydrogen-bond acceptors (Lipinski definition) is 6. The Morgan fingerprint density at radius 1 is 1.13 bits per heavy atom. The molecule has 7 nitrogen and oxygen atoms in total. The molecule has 1 saturated carbocycles. The van der Waals surface area contributed by atoms with E-state index in [2.05, 4.69) is 26.6 Å². The molecule has 0 amide bonds. The first kappa shape index (κ1) is 19.0. The molecule has 3 aromatic rings. The Bertz CT molecular complexity index is 1110. The number of aliphatic hydroxyl groups excluding tert-OH is 1. The maximum absolute atomic E-state index is 11.0. The Kier molecular flexibility index (Phi) is 4.54. The molecule has 1 saturated heterocycles. The molecule has 0 radical (unpaired) electrons. The summed E-state index contributed by atoms with van der Waals surface area (Å²) in [5.41, 5.74) is 3.26. The van der Waals surface area contributed by atoms with Gasteiger partial charge in [0.05, 0.1) is 36.6 Å². The number of benzene rings is 2. The number of para-hydroxylation sites is 2. The van der Waals surface area contributed by atoms with Crippen molar-refractivity contribution in [3.05, 3.63) is 48.3 Å². The predicted molar refractivity (Wildman–Crippen MR) is 115 cm³/mol. The summed E-state index contributed by atoms with van der Waals surface area (Å²) in [6.07, 6.45) is 3.37. The summed E-state index contributed by atoms with van der Waals surface area (Å²) < 4.78 is 18.8. The second-order valence-electron chi connectivity index (χ2n) is 8.99. The van der Waals surface area contributed by atoms with E-state index in [9.17, 15) is 5.11 Å². The van der Waals surface area contributed by atoms with Gasteiger partial charge in [0.2, 0.25) is 12.5 Å². The lowest BCUT2D eigenvalue weighted by atomic mass is 9.77. The molecule has 1 aromatic heterocycles. The number of aliphatic hydroxyl groups is 1. The van der Waals surface area contributed by atoms with E-state index in [1.54, 1.807) is 7.11 Å². The number of likely N-dealkylation sites (tertiary alicyclic amines) is 1. The third kappa shape index (κ3) is 3.23. The highest BCUT2D eigenvalue weighted by Crippen LogP contribution is 2.44. The van der Waals surface area contributed by atoms with Crippen LogP contribution in [0.15, 0.2) is 42.7 Å². The number of nitrogens with zero attached hydrogens (tertiary/aromatic N) is 3. The van der Waals surface area contributed by atoms with Crippen molar-refractivity contribution in [2.75, 3.05) is 27.0 Å². The van der Waals surface area contributed by atoms with Crippen molar-refractivity contribution < 1.29 is 19.3 Å². The van der Waals surface area contributed by atoms with Gasteiger partial charge in [0.1, 0.15) is 0 Å². The van der Waals surface area contributed by atoms with E-state index in [0.29, 0.717) is 17.6 Å². The number of methoxy groups -OCH3 is 1. The molecule has 31 heavy (non-hydrogen) atoms. The van der Waals surface area contributed by atoms with Gasteiger partial charge < -0.3 is 23.9 Å². The fourth-order valence-electron chi connectivity index (χ4n) is 5.71. The summed E-state index contributed by atoms with van der Waals surface area (Å²) in [6.45, 7) is 3.13. The van der Waals surface area contributed by atoms with Gasteiger partial charge in [-0.05, 0) is 54.5 Å². The standard InChI is InChI=1S/C24H27N3O4/c1-29-22-6-15(7-23-24(22)31-14-30-23)10-26-11-16-8-20(21(28)9-17(16)12-26)27-13-25-18-4-2-3-5-19(18)27/h2-7,13,16-17,20-21,28H,8-12,14H2,1H3/t16-,17+,20-,21-/m1/s1. The number of ether oxygens (including phenoxy) is 3. The Labute approximate surface area is 181 Å². The molecule has 2 aromatic carbocycles. The maximum Gasteiger partial charge on any atom is 0.231 e. The molecule has 3 heterocycles. The molecule has 6 rings (SSSR count). The Morgan fingerprint density at radius 2 is 1.97 bits per heavy atom. The average molecular weight is 421 g/mol. The lowest BCUT2D eigenvalue weighted by Gasteiger charge is -2.36. The molecule has 3 aliphatic rings. The van der Waals surface area contributed by atoms with Gasteiger partial charge in [-0.1, -0.05) is 12.1 Å². The molecule has 2 aliphatic heterocycles. The van der Waals surface area contributed by atoms with Crippen LogP contribution in [0.2, 0.25) is 0 Å². The van der Waals surface area contributed by atoms with E-state index in [4.69, 9.17) is 14.2 Å². The zero-order chi connectivity index (χ0) is 20.9. The van der Waals surface area contributed by atoms with Gasteiger partial charge in [-0.2, -0.15) is 0 Å². The summed E-state index contributed by atoms with van der Waals surface area (Å²) in [5, 5.41) is 11.0. The van der Waals surface area contributed by atoms with Crippen molar-refractivity contribution in [2.24, 2.45) is 11.8 Å². The highest BCUT2D eigenvalue weighted by molar-refractivity contribution is 5.75. The Balaban J connectivity index is 1.19. The van der Waals surface area contributed by atoms with E-state index in [1.165, 1.54) is 0 Å². The van der Waals surface area contributed by atoms with Crippen molar-refractivity contribution in [1.29, 1.82) is 0 Å². The lowest BCUT2D eigenvalue weighted by molar-refractivity contribution is 0.0374. The van der Waals surface area contributed by atoms with Crippen LogP contribution in [-0.2, 0) is 6.54 Å². The van der Waals surface area contributed by atoms with Gasteiger partial charge >= 0.3 is 0 Å². The Morgan fingerprint density at radius 3 is 2.84 bits per heavy atom. The van der Waals surface area contributed by atoms with Crippen LogP contribution in [0.3, 0.4) is 0 Å². The van der Waals surface area contributed by atoms with Crippen molar-refractivity contribution in [3.8, 4) is 17.2 Å². The van der Waals surface area contributed by atoms with Crippen LogP contribution in [0, 0.1) is 11.8 Å². The third-order valence-corrected chi connectivity index (χ3v) is 7.15. The van der Waals surface area contributed by atoms with E-state index in [1.807, 2.05) is 30.6 Å². The molecule has 0 unspecified atom stereocenters. The topological polar surface area (TPSA) is 69.0 Å². The van der Waals surface area contributed by atoms with Gasteiger partial charge in [-0.25, -0.2) is 4.98 Å². The largest absolute Gasteiger partial charge is 0.493 e. The lowest BCUT2D eigenvalue weighted by Crippen LogP contribution is -2.36. The summed E-state index contributed by atoms with van der Waals surface area (Å²) >= 11 is 0. The van der Waals surface area contributed by atoms with Crippen LogP contribution in [0.25, 0.3) is 11.0 Å². The molecule has 0 spiro atoms. The second-order valence-corrected chi connectivity index (χ2v) is 8.99. The smallest absolute Gasteiger partial charge is 0.231 e. The van der Waals surface area contributed by atoms with E-state index >= 15 is 0 Å². The predicted octanol–water partition coefficient (Wildman–Crippen LogP) is 3.22. The normalized spacial score (nSPS) is 27.5. The minimum Gasteiger partial charge on any atom is -0.493 e. The molecule has 2 fully saturated rings. The molecule has 1 N–H and O–H groups in total. The molecular weight excluding hydrogens is 394 g/mol. The van der Waals surface area contributed by atoms with Crippen LogP contribution in [-0.4, -0.2) is 52.7 Å². The zero-order valence-electron chi connectivity index (χ0n) is 17.6. The quantitative estimate of drug-likeness (QED) is 0.698. The van der Waals surface area contributed by atoms with Crippen LogP contribution in [0.4, 0.5) is 0 Å². The molecule has 162 valence electrons. The van der Waals surface area contributed by atoms with Gasteiger partial charge in [0, 0.05) is 19.6 Å². The number of hydrogen-bond donors (Lipinski definition) is 1. The van der Waals surface area contributed by atoms with Gasteiger partial charge in [-0.3, -0.25) is 4.90 Å². The maximum atomic E-state index is 11.0. The number of imidazole rings is 1. The minimum atomic E-state index is -0.343. The first-order chi connectivity index (χ1) is 15.2. The van der Waals surface area contributed by atoms with Crippen molar-refractivity contribution >= 4 is 11.0 Å². The zero-order valence-corrected chi connectivity index (χ0v) is 17.6. The van der Waals surface area contributed by atoms with Gasteiger partial charge in [0.25, 0.3) is 0 Å². The van der Waals surface area contributed by atoms with Crippen LogP contribution in [0.5, 0.6) is 17.2 Å². The number of fused-ring (bicyclic) bond motifs is 3. The monoisotopic (exact) mass is 421 g/mol. The van der Waals surface area contributed by atoms with E-state index in [-0.39, 0.29) is 18.9 Å². The van der Waals surface area contributed by atoms with Crippen molar-refractivity contribution in [3.63, 3.8) is 0 Å². The summed E-state index contributed by atoms with van der Waals surface area (Å²) in [6, 6.07) is 12.4. The highest BCUT2D eigenvalue weighted by atomic mass is 16.7. The van der Waals surface area contributed by atoms with Crippen LogP contribution >= 0.6 is 0 Å². The van der Waals surface area contributed by atoms with E-state index < -0.39 is 0 Å². The van der Waals surface area contributed by atoms with Crippen molar-refractivity contribution in [1.82, 2.24) is 14.5 Å². The Hall–Kier alpha value is -2.77. The molecule has 1 aliphatic carbocycles. The first-order valence-electron chi connectivity index (χ1n) is 11.0. The fourth-order valence-corrected chi connectivity index (χ4v) is 5.71.